The Morgan fingerprint density at radius 1 is 0.980 bits per heavy atom. The zero-order valence-corrected chi connectivity index (χ0v) is 31.0. The van der Waals surface area contributed by atoms with E-state index in [-0.39, 0.29) is 35.4 Å². The molecular weight excluding hydrogens is 674 g/mol. The number of rotatable bonds is 2. The van der Waals surface area contributed by atoms with Gasteiger partial charge < -0.3 is 19.5 Å². The zero-order valence-electron chi connectivity index (χ0n) is 29.4. The van der Waals surface area contributed by atoms with Crippen LogP contribution in [-0.2, 0) is 26.6 Å². The molecule has 1 spiro atoms. The van der Waals surface area contributed by atoms with Gasteiger partial charge in [-0.15, -0.1) is 0 Å². The van der Waals surface area contributed by atoms with Gasteiger partial charge in [-0.1, -0.05) is 31.0 Å². The van der Waals surface area contributed by atoms with Gasteiger partial charge in [0.1, 0.15) is 5.75 Å². The van der Waals surface area contributed by atoms with E-state index in [0.29, 0.717) is 43.9 Å². The molecule has 8 rings (SSSR count). The summed E-state index contributed by atoms with van der Waals surface area (Å²) in [5, 5.41) is 12.8. The molecular formula is C39H52ClN3O6S. The number of β-amino-alcohol motifs (C(OH)–C–C–N with tert-alkyl or cyclic N) is 1. The molecule has 2 aromatic rings. The lowest BCUT2D eigenvalue weighted by atomic mass is 9.62. The van der Waals surface area contributed by atoms with E-state index in [0.717, 1.165) is 81.7 Å². The molecule has 272 valence electrons. The molecule has 1 saturated carbocycles. The molecule has 2 aromatic carbocycles. The van der Waals surface area contributed by atoms with Crippen LogP contribution in [0.25, 0.3) is 0 Å². The Bertz CT molecular complexity index is 1730. The van der Waals surface area contributed by atoms with E-state index in [1.165, 1.54) is 11.1 Å². The Kier molecular flexibility index (Phi) is 9.19. The monoisotopic (exact) mass is 725 g/mol. The first kappa shape index (κ1) is 34.7. The molecule has 6 aliphatic rings. The normalized spacial score (nSPS) is 37.1. The third-order valence-electron chi connectivity index (χ3n) is 13.3. The van der Waals surface area contributed by atoms with Crippen LogP contribution in [0.5, 0.6) is 5.75 Å². The van der Waals surface area contributed by atoms with Crippen LogP contribution in [0.15, 0.2) is 36.4 Å². The number of likely N-dealkylation sites (tertiary alicyclic amines) is 1. The Balaban J connectivity index is 1.18. The minimum absolute atomic E-state index is 0.111. The second-order valence-electron chi connectivity index (χ2n) is 16.5. The van der Waals surface area contributed by atoms with Gasteiger partial charge in [0.05, 0.1) is 35.4 Å². The fraction of sp³-hybridized carbons (Fsp3) is 0.667. The number of benzene rings is 2. The van der Waals surface area contributed by atoms with Crippen molar-refractivity contribution in [3.63, 3.8) is 0 Å². The van der Waals surface area contributed by atoms with Crippen LogP contribution < -0.4 is 14.4 Å². The highest BCUT2D eigenvalue weighted by Crippen LogP contribution is 2.49. The number of sulfonamides is 1. The molecule has 2 saturated heterocycles. The van der Waals surface area contributed by atoms with E-state index < -0.39 is 26.8 Å². The fourth-order valence-corrected chi connectivity index (χ4v) is 11.7. The second-order valence-corrected chi connectivity index (χ2v) is 19.0. The fourth-order valence-electron chi connectivity index (χ4n) is 10.2. The van der Waals surface area contributed by atoms with Crippen molar-refractivity contribution in [2.45, 2.75) is 107 Å². The largest absolute Gasteiger partial charge is 0.490 e. The maximum Gasteiger partial charge on any atom is 0.264 e. The number of amides is 1. The lowest BCUT2D eigenvalue weighted by Gasteiger charge is -2.52. The number of aliphatic hydroxyl groups is 1. The number of nitrogens with one attached hydrogen (secondary N) is 1. The van der Waals surface area contributed by atoms with Crippen LogP contribution in [0.4, 0.5) is 5.69 Å². The highest BCUT2D eigenvalue weighted by atomic mass is 35.5. The molecule has 4 bridgehead atoms. The standard InChI is InChI=1S/C39H52ClN3O6S/c1-25-5-3-16-39(45,23-42-20-31-10-11-32(21-42)49-31)34-12-7-29(34)19-43-22-38(15-4-6-27-17-30(40)9-13-33(27)38)24-48-36-14-8-28(18-35(36)43)37(44)41-50(46,47)26(25)2/h8-9,13-14,17-18,25-26,29,31-32,34,45H,3-7,10-12,15-16,19-24H2,1-2H3,(H,41,44)/t25-,26+,29-,31-,32+,34+,38-,39-/m0/s1. The topological polar surface area (TPSA) is 108 Å². The highest BCUT2D eigenvalue weighted by Gasteiger charge is 2.50. The minimum Gasteiger partial charge on any atom is -0.490 e. The number of carbonyl (C=O) groups is 1. The third-order valence-corrected chi connectivity index (χ3v) is 15.4. The first-order chi connectivity index (χ1) is 23.9. The number of halogens is 1. The van der Waals surface area contributed by atoms with Crippen molar-refractivity contribution in [2.75, 3.05) is 44.2 Å². The molecule has 1 amide bonds. The highest BCUT2D eigenvalue weighted by molar-refractivity contribution is 7.90. The molecule has 2 aliphatic carbocycles. The van der Waals surface area contributed by atoms with Gasteiger partial charge in [0.2, 0.25) is 10.0 Å². The van der Waals surface area contributed by atoms with E-state index in [1.54, 1.807) is 13.0 Å². The Labute approximate surface area is 302 Å². The van der Waals surface area contributed by atoms with Crippen LogP contribution in [0.2, 0.25) is 5.02 Å². The molecule has 0 aromatic heterocycles. The Morgan fingerprint density at radius 2 is 1.78 bits per heavy atom. The van der Waals surface area contributed by atoms with E-state index in [2.05, 4.69) is 26.7 Å². The minimum atomic E-state index is -3.94. The van der Waals surface area contributed by atoms with Crippen molar-refractivity contribution >= 4 is 33.2 Å². The molecule has 0 unspecified atom stereocenters. The summed E-state index contributed by atoms with van der Waals surface area (Å²) >= 11 is 6.47. The number of hydrogen-bond donors (Lipinski definition) is 2. The quantitative estimate of drug-likeness (QED) is 0.406. The lowest BCUT2D eigenvalue weighted by molar-refractivity contribution is -0.125. The molecule has 8 atom stereocenters. The van der Waals surface area contributed by atoms with Crippen LogP contribution in [-0.4, -0.2) is 86.7 Å². The van der Waals surface area contributed by atoms with Crippen LogP contribution in [0.3, 0.4) is 0 Å². The Hall–Kier alpha value is -2.37. The van der Waals surface area contributed by atoms with Gasteiger partial charge in [0.15, 0.2) is 0 Å². The van der Waals surface area contributed by atoms with Gasteiger partial charge in [-0.3, -0.25) is 9.69 Å². The zero-order chi connectivity index (χ0) is 34.8. The number of hydrogen-bond acceptors (Lipinski definition) is 8. The average molecular weight is 726 g/mol. The molecule has 4 heterocycles. The summed E-state index contributed by atoms with van der Waals surface area (Å²) in [4.78, 5) is 18.4. The van der Waals surface area contributed by atoms with Gasteiger partial charge in [-0.05, 0) is 124 Å². The van der Waals surface area contributed by atoms with Crippen LogP contribution in [0.1, 0.15) is 93.1 Å². The number of morpholine rings is 1. The molecule has 3 fully saturated rings. The first-order valence-electron chi connectivity index (χ1n) is 18.9. The predicted molar refractivity (Wildman–Crippen MR) is 195 cm³/mol. The van der Waals surface area contributed by atoms with Gasteiger partial charge in [-0.25, -0.2) is 13.1 Å². The summed E-state index contributed by atoms with van der Waals surface area (Å²) in [5.74, 6) is 0.261. The first-order valence-corrected chi connectivity index (χ1v) is 20.8. The SMILES string of the molecule is C[C@@H]1[C@@H](C)CCC[C@](O)(CN2C[C@H]3CC[C@@H](C2)O3)[C@@H]2CC[C@H]2CN2C[C@@]3(CCCc4cc(Cl)ccc43)COc3ccc(cc32)C(=O)NS1(=O)=O. The maximum atomic E-state index is 13.6. The van der Waals surface area contributed by atoms with E-state index in [9.17, 15) is 18.3 Å². The van der Waals surface area contributed by atoms with E-state index in [1.807, 2.05) is 25.1 Å². The summed E-state index contributed by atoms with van der Waals surface area (Å²) in [5.41, 5.74) is 2.45. The molecule has 0 radical (unpaired) electrons. The number of aryl methyl sites for hydroxylation is 1. The van der Waals surface area contributed by atoms with Crippen molar-refractivity contribution in [1.29, 1.82) is 0 Å². The molecule has 9 nitrogen and oxygen atoms in total. The number of anilines is 1. The smallest absolute Gasteiger partial charge is 0.264 e. The third kappa shape index (κ3) is 6.46. The molecule has 50 heavy (non-hydrogen) atoms. The Morgan fingerprint density at radius 3 is 2.54 bits per heavy atom. The van der Waals surface area contributed by atoms with Crippen molar-refractivity contribution in [3.8, 4) is 5.75 Å². The van der Waals surface area contributed by atoms with Gasteiger partial charge >= 0.3 is 0 Å². The van der Waals surface area contributed by atoms with E-state index in [4.69, 9.17) is 21.1 Å². The van der Waals surface area contributed by atoms with Crippen molar-refractivity contribution < 1.29 is 27.8 Å². The van der Waals surface area contributed by atoms with Crippen molar-refractivity contribution in [3.05, 3.63) is 58.1 Å². The molecule has 2 N–H and O–H groups in total. The number of nitrogens with zero attached hydrogens (tertiary/aromatic N) is 2. The van der Waals surface area contributed by atoms with Gasteiger partial charge in [0, 0.05) is 48.7 Å². The second kappa shape index (κ2) is 13.2. The van der Waals surface area contributed by atoms with Crippen LogP contribution >= 0.6 is 11.6 Å². The van der Waals surface area contributed by atoms with Crippen LogP contribution in [0, 0.1) is 17.8 Å². The van der Waals surface area contributed by atoms with Crippen molar-refractivity contribution in [2.24, 2.45) is 17.8 Å². The summed E-state index contributed by atoms with van der Waals surface area (Å²) in [6, 6.07) is 11.5. The number of carbonyl (C=O) groups excluding carboxylic acids is 1. The summed E-state index contributed by atoms with van der Waals surface area (Å²) < 4.78 is 42.3. The predicted octanol–water partition coefficient (Wildman–Crippen LogP) is 5.70. The van der Waals surface area contributed by atoms with E-state index >= 15 is 0 Å². The summed E-state index contributed by atoms with van der Waals surface area (Å²) in [7, 11) is -3.94. The number of fused-ring (bicyclic) bond motifs is 6. The maximum absolute atomic E-state index is 13.6. The van der Waals surface area contributed by atoms with Gasteiger partial charge in [-0.2, -0.15) is 0 Å². The molecule has 4 aliphatic heterocycles. The lowest BCUT2D eigenvalue weighted by Crippen LogP contribution is -2.58. The number of ether oxygens (including phenoxy) is 2. The van der Waals surface area contributed by atoms with Gasteiger partial charge in [0.25, 0.3) is 5.91 Å². The average Bonchev–Trinajstić information content (AvgIpc) is 3.32. The molecule has 11 heteroatoms. The summed E-state index contributed by atoms with van der Waals surface area (Å²) in [6.07, 6.45) is 9.60. The summed E-state index contributed by atoms with van der Waals surface area (Å²) in [6.45, 7) is 7.86. The van der Waals surface area contributed by atoms with Crippen molar-refractivity contribution in [1.82, 2.24) is 9.62 Å².